The Kier molecular flexibility index (Phi) is 2.39. The lowest BCUT2D eigenvalue weighted by Crippen LogP contribution is -2.30. The molecular weight excluding hydrogens is 234 g/mol. The van der Waals surface area contributed by atoms with E-state index in [9.17, 15) is 0 Å². The van der Waals surface area contributed by atoms with Crippen LogP contribution in [0.1, 0.15) is 11.1 Å². The van der Waals surface area contributed by atoms with Gasteiger partial charge in [-0.15, -0.1) is 0 Å². The highest BCUT2D eigenvalue weighted by Gasteiger charge is 2.14. The molecule has 1 heterocycles. The number of benzene rings is 2. The molecule has 0 saturated heterocycles. The highest BCUT2D eigenvalue weighted by atomic mass is 14.9. The van der Waals surface area contributed by atoms with Crippen molar-refractivity contribution < 1.29 is 4.57 Å². The van der Waals surface area contributed by atoms with E-state index in [-0.39, 0.29) is 0 Å². The number of hydrogen-bond donors (Lipinski definition) is 2. The Balaban J connectivity index is 2.52. The first-order valence-corrected chi connectivity index (χ1v) is 6.36. The summed E-state index contributed by atoms with van der Waals surface area (Å²) >= 11 is 0. The summed E-state index contributed by atoms with van der Waals surface area (Å²) in [5.74, 6) is 0. The minimum atomic E-state index is 0.822. The van der Waals surface area contributed by atoms with Crippen molar-refractivity contribution >= 4 is 33.2 Å². The van der Waals surface area contributed by atoms with Crippen LogP contribution in [0, 0.1) is 13.8 Å². The van der Waals surface area contributed by atoms with Crippen LogP contribution in [0.15, 0.2) is 30.3 Å². The molecule has 3 aromatic rings. The maximum atomic E-state index is 6.01. The van der Waals surface area contributed by atoms with Crippen molar-refractivity contribution in [3.8, 4) is 0 Å². The summed E-state index contributed by atoms with van der Waals surface area (Å²) < 4.78 is 2.15. The largest absolute Gasteiger partial charge is 0.398 e. The van der Waals surface area contributed by atoms with Crippen molar-refractivity contribution in [2.24, 2.45) is 7.05 Å². The van der Waals surface area contributed by atoms with E-state index in [1.165, 1.54) is 10.8 Å². The fourth-order valence-electron chi connectivity index (χ4n) is 2.58. The molecule has 4 N–H and O–H groups in total. The summed E-state index contributed by atoms with van der Waals surface area (Å²) in [4.78, 5) is 0. The van der Waals surface area contributed by atoms with Crippen LogP contribution < -0.4 is 16.0 Å². The number of fused-ring (bicyclic) bond motifs is 2. The van der Waals surface area contributed by atoms with Crippen molar-refractivity contribution in [3.63, 3.8) is 0 Å². The van der Waals surface area contributed by atoms with Gasteiger partial charge in [0.05, 0.1) is 0 Å². The Morgan fingerprint density at radius 1 is 0.737 bits per heavy atom. The third-order valence-electron chi connectivity index (χ3n) is 3.86. The number of anilines is 2. The van der Waals surface area contributed by atoms with E-state index in [4.69, 9.17) is 11.5 Å². The van der Waals surface area contributed by atoms with Crippen LogP contribution in [-0.2, 0) is 7.05 Å². The zero-order valence-electron chi connectivity index (χ0n) is 11.5. The molecule has 0 aliphatic carbocycles. The molecule has 0 aliphatic rings. The van der Waals surface area contributed by atoms with Gasteiger partial charge in [-0.2, -0.15) is 4.57 Å². The van der Waals surface area contributed by atoms with Gasteiger partial charge in [-0.1, -0.05) is 0 Å². The standard InChI is InChI=1S/C16H17N3/c1-9-4-11-6-12-5-10(2)14(18)8-16(12)19(3)15(11)7-13(9)17/h4-8H,1-3H3,(H3,17,18)/p+1. The van der Waals surface area contributed by atoms with Crippen LogP contribution in [0.2, 0.25) is 0 Å². The molecule has 2 aromatic carbocycles. The maximum absolute atomic E-state index is 6.01. The van der Waals surface area contributed by atoms with Gasteiger partial charge in [0.1, 0.15) is 7.05 Å². The van der Waals surface area contributed by atoms with E-state index >= 15 is 0 Å². The monoisotopic (exact) mass is 252 g/mol. The van der Waals surface area contributed by atoms with E-state index < -0.39 is 0 Å². The quantitative estimate of drug-likeness (QED) is 0.367. The average Bonchev–Trinajstić information content (AvgIpc) is 2.35. The lowest BCUT2D eigenvalue weighted by molar-refractivity contribution is -0.617. The van der Waals surface area contributed by atoms with Crippen LogP contribution in [-0.4, -0.2) is 0 Å². The molecule has 1 aromatic heterocycles. The zero-order valence-corrected chi connectivity index (χ0v) is 11.5. The van der Waals surface area contributed by atoms with Crippen molar-refractivity contribution in [2.45, 2.75) is 13.8 Å². The molecule has 3 heteroatoms. The van der Waals surface area contributed by atoms with Crippen LogP contribution in [0.5, 0.6) is 0 Å². The first-order valence-electron chi connectivity index (χ1n) is 6.36. The second-order valence-corrected chi connectivity index (χ2v) is 5.24. The molecule has 0 fully saturated rings. The number of aromatic nitrogens is 1. The highest BCUT2D eigenvalue weighted by molar-refractivity contribution is 5.92. The van der Waals surface area contributed by atoms with E-state index in [1.54, 1.807) is 0 Å². The smallest absolute Gasteiger partial charge is 0.214 e. The minimum absolute atomic E-state index is 0.822. The fourth-order valence-corrected chi connectivity index (χ4v) is 2.58. The zero-order chi connectivity index (χ0) is 13.7. The van der Waals surface area contributed by atoms with Gasteiger partial charge in [-0.25, -0.2) is 0 Å². The Morgan fingerprint density at radius 3 is 1.58 bits per heavy atom. The van der Waals surface area contributed by atoms with Gasteiger partial charge in [0, 0.05) is 34.3 Å². The van der Waals surface area contributed by atoms with E-state index in [1.807, 2.05) is 33.0 Å². The number of nitrogen functional groups attached to an aromatic ring is 2. The summed E-state index contributed by atoms with van der Waals surface area (Å²) in [5, 5.41) is 2.40. The number of rotatable bonds is 0. The number of nitrogens with two attached hydrogens (primary N) is 2. The average molecular weight is 252 g/mol. The number of aryl methyl sites for hydroxylation is 3. The number of nitrogens with zero attached hydrogens (tertiary/aromatic N) is 1. The van der Waals surface area contributed by atoms with Gasteiger partial charge in [-0.05, 0) is 43.2 Å². The molecule has 0 amide bonds. The Bertz CT molecular complexity index is 753. The Labute approximate surface area is 112 Å². The Hall–Kier alpha value is -2.29. The van der Waals surface area contributed by atoms with Gasteiger partial charge in [0.2, 0.25) is 11.0 Å². The number of hydrogen-bond acceptors (Lipinski definition) is 2. The predicted molar refractivity (Wildman–Crippen MR) is 80.9 cm³/mol. The first-order chi connectivity index (χ1) is 8.97. The summed E-state index contributed by atoms with van der Waals surface area (Å²) in [5.41, 5.74) is 18.1. The molecule has 0 atom stereocenters. The SMILES string of the molecule is Cc1cc2cc3cc(C)c(N)cc3[n+](C)c2cc1N. The molecule has 0 spiro atoms. The normalized spacial score (nSPS) is 11.3. The van der Waals surface area contributed by atoms with E-state index in [0.717, 1.165) is 33.5 Å². The third kappa shape index (κ3) is 1.70. The lowest BCUT2D eigenvalue weighted by Gasteiger charge is -2.07. The van der Waals surface area contributed by atoms with Crippen molar-refractivity contribution in [2.75, 3.05) is 11.5 Å². The van der Waals surface area contributed by atoms with Crippen LogP contribution in [0.3, 0.4) is 0 Å². The van der Waals surface area contributed by atoms with Gasteiger partial charge >= 0.3 is 0 Å². The summed E-state index contributed by atoms with van der Waals surface area (Å²) in [6, 6.07) is 10.5. The molecule has 19 heavy (non-hydrogen) atoms. The molecule has 0 saturated carbocycles. The van der Waals surface area contributed by atoms with Crippen LogP contribution in [0.4, 0.5) is 11.4 Å². The van der Waals surface area contributed by atoms with Crippen molar-refractivity contribution in [3.05, 3.63) is 41.5 Å². The third-order valence-corrected chi connectivity index (χ3v) is 3.86. The lowest BCUT2D eigenvalue weighted by atomic mass is 10.0. The maximum Gasteiger partial charge on any atom is 0.214 e. The van der Waals surface area contributed by atoms with Crippen molar-refractivity contribution in [1.29, 1.82) is 0 Å². The fraction of sp³-hybridized carbons (Fsp3) is 0.188. The summed E-state index contributed by atoms with van der Waals surface area (Å²) in [7, 11) is 2.05. The van der Waals surface area contributed by atoms with E-state index in [2.05, 4.69) is 22.8 Å². The van der Waals surface area contributed by atoms with Gasteiger partial charge in [0.15, 0.2) is 0 Å². The minimum Gasteiger partial charge on any atom is -0.398 e. The van der Waals surface area contributed by atoms with Crippen molar-refractivity contribution in [1.82, 2.24) is 0 Å². The topological polar surface area (TPSA) is 55.9 Å². The summed E-state index contributed by atoms with van der Waals surface area (Å²) in [6.45, 7) is 4.07. The molecule has 96 valence electrons. The van der Waals surface area contributed by atoms with Gasteiger partial charge in [0.25, 0.3) is 0 Å². The first kappa shape index (κ1) is 11.8. The van der Waals surface area contributed by atoms with Gasteiger partial charge < -0.3 is 11.5 Å². The summed E-state index contributed by atoms with van der Waals surface area (Å²) in [6.07, 6.45) is 0. The van der Waals surface area contributed by atoms with Gasteiger partial charge in [-0.3, -0.25) is 0 Å². The molecule has 3 rings (SSSR count). The predicted octanol–water partition coefficient (Wildman–Crippen LogP) is 2.60. The molecule has 0 unspecified atom stereocenters. The van der Waals surface area contributed by atoms with Crippen LogP contribution in [0.25, 0.3) is 21.8 Å². The molecule has 0 bridgehead atoms. The molecule has 3 nitrogen and oxygen atoms in total. The number of pyridine rings is 1. The second kappa shape index (κ2) is 3.85. The molecular formula is C16H18N3+. The van der Waals surface area contributed by atoms with Crippen LogP contribution >= 0.6 is 0 Å². The van der Waals surface area contributed by atoms with E-state index in [0.29, 0.717) is 0 Å². The second-order valence-electron chi connectivity index (χ2n) is 5.24. The highest BCUT2D eigenvalue weighted by Crippen LogP contribution is 2.25. The molecule has 0 aliphatic heterocycles. The molecule has 0 radical (unpaired) electrons. The Morgan fingerprint density at radius 2 is 1.16 bits per heavy atom.